The number of ether oxygens (including phenoxy) is 1. The van der Waals surface area contributed by atoms with Crippen molar-refractivity contribution in [1.82, 2.24) is 0 Å². The minimum atomic E-state index is 0.0822. The molecule has 1 unspecified atom stereocenters. The van der Waals surface area contributed by atoms with Crippen LogP contribution >= 0.6 is 63.7 Å². The largest absolute Gasteiger partial charge is 0.493 e. The lowest BCUT2D eigenvalue weighted by molar-refractivity contribution is 0.354. The van der Waals surface area contributed by atoms with Crippen molar-refractivity contribution in [3.63, 3.8) is 0 Å². The standard InChI is InChI=1S/C15H10Br4O/c16-9-1-2-13(18)11(6-9)14(19)12-7-10(17)5-8-3-4-20-15(8)12/h1-2,5-7,14H,3-4H2. The van der Waals surface area contributed by atoms with Crippen molar-refractivity contribution in [3.05, 3.63) is 60.4 Å². The Morgan fingerprint density at radius 3 is 2.50 bits per heavy atom. The number of rotatable bonds is 2. The lowest BCUT2D eigenvalue weighted by atomic mass is 10.0. The van der Waals surface area contributed by atoms with Gasteiger partial charge in [0.1, 0.15) is 5.75 Å². The summed E-state index contributed by atoms with van der Waals surface area (Å²) in [4.78, 5) is 0.0822. The first-order valence-electron chi connectivity index (χ1n) is 6.10. The van der Waals surface area contributed by atoms with Gasteiger partial charge >= 0.3 is 0 Å². The van der Waals surface area contributed by atoms with Gasteiger partial charge in [0.2, 0.25) is 0 Å². The maximum Gasteiger partial charge on any atom is 0.127 e. The third-order valence-corrected chi connectivity index (χ3v) is 5.94. The normalized spacial score (nSPS) is 14.8. The topological polar surface area (TPSA) is 9.23 Å². The van der Waals surface area contributed by atoms with Gasteiger partial charge in [-0.2, -0.15) is 0 Å². The third kappa shape index (κ3) is 2.87. The Balaban J connectivity index is 2.11. The van der Waals surface area contributed by atoms with Gasteiger partial charge in [-0.1, -0.05) is 63.7 Å². The fourth-order valence-corrected chi connectivity index (χ4v) is 4.77. The molecule has 0 aromatic heterocycles. The Bertz CT molecular complexity index is 669. The average molecular weight is 526 g/mol. The smallest absolute Gasteiger partial charge is 0.127 e. The van der Waals surface area contributed by atoms with Gasteiger partial charge in [0, 0.05) is 25.4 Å². The molecule has 1 nitrogen and oxygen atoms in total. The molecule has 1 aliphatic rings. The summed E-state index contributed by atoms with van der Waals surface area (Å²) in [6.45, 7) is 0.762. The van der Waals surface area contributed by atoms with E-state index in [1.54, 1.807) is 0 Å². The maximum absolute atomic E-state index is 5.82. The van der Waals surface area contributed by atoms with Crippen LogP contribution < -0.4 is 4.74 Å². The molecule has 0 radical (unpaired) electrons. The SMILES string of the molecule is Brc1ccc(Br)c(C(Br)c2cc(Br)cc3c2OCC3)c1. The minimum Gasteiger partial charge on any atom is -0.493 e. The zero-order chi connectivity index (χ0) is 14.3. The molecule has 0 aliphatic carbocycles. The summed E-state index contributed by atoms with van der Waals surface area (Å²) >= 11 is 14.6. The number of alkyl halides is 1. The van der Waals surface area contributed by atoms with Gasteiger partial charge in [0.15, 0.2) is 0 Å². The monoisotopic (exact) mass is 522 g/mol. The predicted molar refractivity (Wildman–Crippen MR) is 96.0 cm³/mol. The summed E-state index contributed by atoms with van der Waals surface area (Å²) in [7, 11) is 0. The second kappa shape index (κ2) is 6.11. The van der Waals surface area contributed by atoms with E-state index < -0.39 is 0 Å². The molecule has 1 atom stereocenters. The van der Waals surface area contributed by atoms with E-state index in [1.807, 2.05) is 12.1 Å². The molecular formula is C15H10Br4O. The van der Waals surface area contributed by atoms with E-state index >= 15 is 0 Å². The van der Waals surface area contributed by atoms with Crippen LogP contribution in [-0.2, 0) is 6.42 Å². The lowest BCUT2D eigenvalue weighted by Gasteiger charge is -2.17. The Hall–Kier alpha value is 0.160. The van der Waals surface area contributed by atoms with Crippen LogP contribution in [0.4, 0.5) is 0 Å². The molecular weight excluding hydrogens is 516 g/mol. The molecule has 0 amide bonds. The van der Waals surface area contributed by atoms with Crippen LogP contribution in [0.3, 0.4) is 0 Å². The summed E-state index contributed by atoms with van der Waals surface area (Å²) in [6, 6.07) is 10.5. The van der Waals surface area contributed by atoms with Crippen molar-refractivity contribution >= 4 is 63.7 Å². The quantitative estimate of drug-likeness (QED) is 0.413. The number of hydrogen-bond donors (Lipinski definition) is 0. The van der Waals surface area contributed by atoms with Crippen LogP contribution in [-0.4, -0.2) is 6.61 Å². The summed E-state index contributed by atoms with van der Waals surface area (Å²) in [6.07, 6.45) is 0.973. The molecule has 104 valence electrons. The predicted octanol–water partition coefficient (Wildman–Crippen LogP) is 6.39. The molecule has 0 saturated carbocycles. The van der Waals surface area contributed by atoms with Crippen LogP contribution in [0.25, 0.3) is 0 Å². The van der Waals surface area contributed by atoms with Crippen LogP contribution in [0.2, 0.25) is 0 Å². The molecule has 20 heavy (non-hydrogen) atoms. The highest BCUT2D eigenvalue weighted by atomic mass is 79.9. The Kier molecular flexibility index (Phi) is 4.60. The molecule has 0 spiro atoms. The van der Waals surface area contributed by atoms with Gasteiger partial charge in [-0.3, -0.25) is 0 Å². The van der Waals surface area contributed by atoms with Crippen LogP contribution in [0.5, 0.6) is 5.75 Å². The summed E-state index contributed by atoms with van der Waals surface area (Å²) < 4.78 is 9.05. The lowest BCUT2D eigenvalue weighted by Crippen LogP contribution is -1.98. The van der Waals surface area contributed by atoms with Crippen LogP contribution in [0, 0.1) is 0 Å². The summed E-state index contributed by atoms with van der Waals surface area (Å²) in [5.41, 5.74) is 3.60. The molecule has 1 heterocycles. The van der Waals surface area contributed by atoms with Crippen molar-refractivity contribution < 1.29 is 4.74 Å². The van der Waals surface area contributed by atoms with E-state index in [-0.39, 0.29) is 4.83 Å². The average Bonchev–Trinajstić information content (AvgIpc) is 2.87. The first-order valence-corrected chi connectivity index (χ1v) is 9.40. The van der Waals surface area contributed by atoms with Crippen LogP contribution in [0.1, 0.15) is 21.5 Å². The molecule has 0 saturated heterocycles. The minimum absolute atomic E-state index is 0.0822. The Labute approximate surface area is 151 Å². The van der Waals surface area contributed by atoms with Crippen molar-refractivity contribution in [1.29, 1.82) is 0 Å². The van der Waals surface area contributed by atoms with E-state index in [0.29, 0.717) is 0 Å². The fraction of sp³-hybridized carbons (Fsp3) is 0.200. The highest BCUT2D eigenvalue weighted by Gasteiger charge is 2.24. The van der Waals surface area contributed by atoms with Crippen molar-refractivity contribution in [2.45, 2.75) is 11.2 Å². The highest BCUT2D eigenvalue weighted by Crippen LogP contribution is 2.44. The molecule has 2 aromatic carbocycles. The van der Waals surface area contributed by atoms with E-state index in [2.05, 4.69) is 81.9 Å². The third-order valence-electron chi connectivity index (χ3n) is 3.28. The van der Waals surface area contributed by atoms with Crippen molar-refractivity contribution in [2.75, 3.05) is 6.61 Å². The van der Waals surface area contributed by atoms with E-state index in [9.17, 15) is 0 Å². The molecule has 1 aliphatic heterocycles. The molecule has 3 rings (SSSR count). The number of benzene rings is 2. The van der Waals surface area contributed by atoms with Gasteiger partial charge in [-0.15, -0.1) is 0 Å². The maximum atomic E-state index is 5.82. The molecule has 0 N–H and O–H groups in total. The van der Waals surface area contributed by atoms with Gasteiger partial charge in [-0.25, -0.2) is 0 Å². The van der Waals surface area contributed by atoms with E-state index in [4.69, 9.17) is 4.74 Å². The molecule has 0 bridgehead atoms. The second-order valence-corrected chi connectivity index (χ2v) is 8.21. The highest BCUT2D eigenvalue weighted by molar-refractivity contribution is 9.11. The van der Waals surface area contributed by atoms with Gasteiger partial charge in [0.05, 0.1) is 11.4 Å². The fourth-order valence-electron chi connectivity index (χ4n) is 2.36. The van der Waals surface area contributed by atoms with Crippen molar-refractivity contribution in [2.24, 2.45) is 0 Å². The zero-order valence-electron chi connectivity index (χ0n) is 10.3. The second-order valence-electron chi connectivity index (χ2n) is 4.61. The Morgan fingerprint density at radius 2 is 1.70 bits per heavy atom. The van der Waals surface area contributed by atoms with Gasteiger partial charge in [0.25, 0.3) is 0 Å². The zero-order valence-corrected chi connectivity index (χ0v) is 16.6. The van der Waals surface area contributed by atoms with E-state index in [0.717, 1.165) is 37.8 Å². The molecule has 0 fully saturated rings. The number of halogens is 4. The van der Waals surface area contributed by atoms with E-state index in [1.165, 1.54) is 11.1 Å². The number of hydrogen-bond acceptors (Lipinski definition) is 1. The number of fused-ring (bicyclic) bond motifs is 1. The first kappa shape index (κ1) is 15.1. The van der Waals surface area contributed by atoms with Gasteiger partial charge < -0.3 is 4.74 Å². The van der Waals surface area contributed by atoms with Crippen molar-refractivity contribution in [3.8, 4) is 5.75 Å². The Morgan fingerprint density at radius 1 is 0.950 bits per heavy atom. The molecule has 2 aromatic rings. The summed E-state index contributed by atoms with van der Waals surface area (Å²) in [5, 5.41) is 0. The van der Waals surface area contributed by atoms with Crippen LogP contribution in [0.15, 0.2) is 43.7 Å². The first-order chi connectivity index (χ1) is 9.56. The summed E-state index contributed by atoms with van der Waals surface area (Å²) in [5.74, 6) is 1.02. The van der Waals surface area contributed by atoms with Gasteiger partial charge in [-0.05, 0) is 41.5 Å². The molecule has 5 heteroatoms.